The molecule has 13 heavy (non-hydrogen) atoms. The number of aliphatic hydroxyl groups excluding tert-OH is 1. The maximum Gasteiger partial charge on any atom is 0.195 e. The van der Waals surface area contributed by atoms with Crippen LogP contribution in [0, 0.1) is 0 Å². The molecule has 0 aromatic carbocycles. The number of hydrogen-bond acceptors (Lipinski definition) is 3. The van der Waals surface area contributed by atoms with Crippen LogP contribution in [0.4, 0.5) is 0 Å². The van der Waals surface area contributed by atoms with Gasteiger partial charge < -0.3 is 15.3 Å². The van der Waals surface area contributed by atoms with Crippen molar-refractivity contribution in [3.05, 3.63) is 0 Å². The van der Waals surface area contributed by atoms with Crippen molar-refractivity contribution in [2.45, 2.75) is 37.4 Å². The molecule has 0 radical (unpaired) electrons. The molecular weight excluding hydrogens is 182 g/mol. The van der Waals surface area contributed by atoms with Crippen molar-refractivity contribution in [1.82, 2.24) is 0 Å². The van der Waals surface area contributed by atoms with Crippen LogP contribution in [0.1, 0.15) is 19.3 Å². The molecule has 3 N–H and O–H groups in total. The molecule has 0 bridgehead atoms. The van der Waals surface area contributed by atoms with E-state index in [0.29, 0.717) is 0 Å². The van der Waals surface area contributed by atoms with E-state index in [4.69, 9.17) is 15.3 Å². The molecule has 1 unspecified atom stereocenters. The number of aliphatic hydroxyl groups is 1. The maximum absolute atomic E-state index is 9.01. The third-order valence-corrected chi connectivity index (χ3v) is 7.32. The second-order valence-corrected chi connectivity index (χ2v) is 8.01. The molecule has 0 spiro atoms. The standard InChI is InChI=1S/C9H21NO2Si/c10-4-3-8-13(9-5-11)7-2-1-6-12-13/h11H,1-10H2. The first-order valence-electron chi connectivity index (χ1n) is 5.28. The summed E-state index contributed by atoms with van der Waals surface area (Å²) in [6.07, 6.45) is 3.55. The van der Waals surface area contributed by atoms with Crippen LogP contribution in [0.3, 0.4) is 0 Å². The van der Waals surface area contributed by atoms with Crippen molar-refractivity contribution in [3.8, 4) is 0 Å². The molecule has 0 saturated carbocycles. The smallest absolute Gasteiger partial charge is 0.195 e. The molecule has 1 atom stereocenters. The Morgan fingerprint density at radius 3 is 2.69 bits per heavy atom. The normalized spacial score (nSPS) is 29.1. The van der Waals surface area contributed by atoms with Gasteiger partial charge in [-0.1, -0.05) is 6.42 Å². The molecule has 4 heteroatoms. The highest BCUT2D eigenvalue weighted by atomic mass is 28.4. The summed E-state index contributed by atoms with van der Waals surface area (Å²) in [7, 11) is -1.53. The van der Waals surface area contributed by atoms with Crippen molar-refractivity contribution < 1.29 is 9.53 Å². The van der Waals surface area contributed by atoms with Gasteiger partial charge in [0.1, 0.15) is 0 Å². The fourth-order valence-electron chi connectivity index (χ4n) is 2.06. The van der Waals surface area contributed by atoms with E-state index in [1.807, 2.05) is 0 Å². The lowest BCUT2D eigenvalue weighted by atomic mass is 10.4. The molecule has 0 aromatic heterocycles. The lowest BCUT2D eigenvalue weighted by molar-refractivity contribution is 0.248. The summed E-state index contributed by atoms with van der Waals surface area (Å²) in [5.74, 6) is 0. The van der Waals surface area contributed by atoms with Gasteiger partial charge in [0.2, 0.25) is 0 Å². The Morgan fingerprint density at radius 1 is 1.31 bits per heavy atom. The maximum atomic E-state index is 9.01. The first-order valence-corrected chi connectivity index (χ1v) is 7.81. The zero-order valence-corrected chi connectivity index (χ0v) is 9.30. The minimum atomic E-state index is -1.53. The van der Waals surface area contributed by atoms with Gasteiger partial charge in [0.25, 0.3) is 0 Å². The SMILES string of the molecule is NCCC[Si]1(CCO)CCCCO1. The zero-order valence-electron chi connectivity index (χ0n) is 8.30. The van der Waals surface area contributed by atoms with E-state index in [0.717, 1.165) is 31.7 Å². The van der Waals surface area contributed by atoms with E-state index in [-0.39, 0.29) is 6.61 Å². The number of nitrogens with two attached hydrogens (primary N) is 1. The van der Waals surface area contributed by atoms with Crippen LogP contribution in [-0.4, -0.2) is 33.2 Å². The van der Waals surface area contributed by atoms with Crippen LogP contribution in [0.25, 0.3) is 0 Å². The first-order chi connectivity index (χ1) is 6.33. The Morgan fingerprint density at radius 2 is 2.15 bits per heavy atom. The molecule has 0 aromatic rings. The first kappa shape index (κ1) is 11.2. The van der Waals surface area contributed by atoms with E-state index in [1.165, 1.54) is 18.9 Å². The van der Waals surface area contributed by atoms with Gasteiger partial charge in [0, 0.05) is 13.2 Å². The lowest BCUT2D eigenvalue weighted by Gasteiger charge is -2.34. The Balaban J connectivity index is 2.40. The quantitative estimate of drug-likeness (QED) is 0.658. The predicted molar refractivity (Wildman–Crippen MR) is 56.1 cm³/mol. The van der Waals surface area contributed by atoms with Crippen LogP contribution in [0.2, 0.25) is 18.1 Å². The lowest BCUT2D eigenvalue weighted by Crippen LogP contribution is -2.42. The molecule has 1 fully saturated rings. The van der Waals surface area contributed by atoms with Gasteiger partial charge in [-0.3, -0.25) is 0 Å². The van der Waals surface area contributed by atoms with Crippen molar-refractivity contribution in [1.29, 1.82) is 0 Å². The van der Waals surface area contributed by atoms with E-state index in [9.17, 15) is 0 Å². The van der Waals surface area contributed by atoms with Crippen molar-refractivity contribution in [2.75, 3.05) is 19.8 Å². The molecule has 78 valence electrons. The van der Waals surface area contributed by atoms with Crippen LogP contribution < -0.4 is 5.73 Å². The average Bonchev–Trinajstić information content (AvgIpc) is 2.17. The van der Waals surface area contributed by atoms with Gasteiger partial charge in [-0.15, -0.1) is 0 Å². The van der Waals surface area contributed by atoms with Crippen molar-refractivity contribution in [2.24, 2.45) is 5.73 Å². The molecule has 1 heterocycles. The van der Waals surface area contributed by atoms with Crippen LogP contribution in [0.15, 0.2) is 0 Å². The van der Waals surface area contributed by atoms with E-state index >= 15 is 0 Å². The molecule has 1 aliphatic rings. The summed E-state index contributed by atoms with van der Waals surface area (Å²) in [6.45, 7) is 1.96. The summed E-state index contributed by atoms with van der Waals surface area (Å²) in [5.41, 5.74) is 5.50. The summed E-state index contributed by atoms with van der Waals surface area (Å²) in [5, 5.41) is 9.01. The Hall–Kier alpha value is 0.0969. The topological polar surface area (TPSA) is 55.5 Å². The Kier molecular flexibility index (Phi) is 4.94. The molecule has 0 aliphatic carbocycles. The molecular formula is C9H21NO2Si. The van der Waals surface area contributed by atoms with E-state index in [1.54, 1.807) is 0 Å². The van der Waals surface area contributed by atoms with E-state index < -0.39 is 8.32 Å². The monoisotopic (exact) mass is 203 g/mol. The minimum Gasteiger partial charge on any atom is -0.417 e. The molecule has 1 rings (SSSR count). The van der Waals surface area contributed by atoms with Gasteiger partial charge in [-0.25, -0.2) is 0 Å². The summed E-state index contributed by atoms with van der Waals surface area (Å²) in [6, 6.07) is 3.28. The van der Waals surface area contributed by atoms with Gasteiger partial charge in [-0.2, -0.15) is 0 Å². The van der Waals surface area contributed by atoms with Crippen LogP contribution in [-0.2, 0) is 4.43 Å². The highest BCUT2D eigenvalue weighted by Crippen LogP contribution is 2.29. The summed E-state index contributed by atoms with van der Waals surface area (Å²) >= 11 is 0. The largest absolute Gasteiger partial charge is 0.417 e. The number of hydrogen-bond donors (Lipinski definition) is 2. The second-order valence-electron chi connectivity index (χ2n) is 3.85. The number of rotatable bonds is 5. The van der Waals surface area contributed by atoms with Gasteiger partial charge in [0.15, 0.2) is 8.32 Å². The van der Waals surface area contributed by atoms with Crippen LogP contribution >= 0.6 is 0 Å². The average molecular weight is 203 g/mol. The fraction of sp³-hybridized carbons (Fsp3) is 1.00. The van der Waals surface area contributed by atoms with Gasteiger partial charge >= 0.3 is 0 Å². The van der Waals surface area contributed by atoms with Gasteiger partial charge in [0.05, 0.1) is 0 Å². The molecule has 1 aliphatic heterocycles. The molecule has 3 nitrogen and oxygen atoms in total. The highest BCUT2D eigenvalue weighted by Gasteiger charge is 2.35. The highest BCUT2D eigenvalue weighted by molar-refractivity contribution is 6.74. The molecule has 0 amide bonds. The molecule has 1 saturated heterocycles. The van der Waals surface area contributed by atoms with E-state index in [2.05, 4.69) is 0 Å². The zero-order chi connectivity index (χ0) is 9.57. The third kappa shape index (κ3) is 3.38. The van der Waals surface area contributed by atoms with Crippen molar-refractivity contribution >= 4 is 8.32 Å². The Bertz CT molecular complexity index is 132. The van der Waals surface area contributed by atoms with Gasteiger partial charge in [-0.05, 0) is 37.5 Å². The minimum absolute atomic E-state index is 0.288. The predicted octanol–water partition coefficient (Wildman–Crippen LogP) is 1.08. The Labute approximate surface area is 81.4 Å². The fourth-order valence-corrected chi connectivity index (χ4v) is 5.97. The second kappa shape index (κ2) is 5.75. The van der Waals surface area contributed by atoms with Crippen molar-refractivity contribution in [3.63, 3.8) is 0 Å². The third-order valence-electron chi connectivity index (χ3n) is 2.84. The summed E-state index contributed by atoms with van der Waals surface area (Å²) in [4.78, 5) is 0. The summed E-state index contributed by atoms with van der Waals surface area (Å²) < 4.78 is 5.93. The van der Waals surface area contributed by atoms with Crippen LogP contribution in [0.5, 0.6) is 0 Å².